The Kier molecular flexibility index (Phi) is 5.18. The molecule has 0 unspecified atom stereocenters. The van der Waals surface area contributed by atoms with Crippen molar-refractivity contribution >= 4 is 0 Å². The molecule has 0 aromatic rings. The van der Waals surface area contributed by atoms with Crippen LogP contribution in [0.3, 0.4) is 0 Å². The van der Waals surface area contributed by atoms with Crippen LogP contribution in [0.15, 0.2) is 5.11 Å². The van der Waals surface area contributed by atoms with E-state index in [9.17, 15) is 20.5 Å². The highest BCUT2D eigenvalue weighted by atomic mass is 16.7. The Morgan fingerprint density at radius 3 is 2.53 bits per heavy atom. The fourth-order valence-corrected chi connectivity index (χ4v) is 1.45. The van der Waals surface area contributed by atoms with Crippen molar-refractivity contribution in [2.45, 2.75) is 30.7 Å². The van der Waals surface area contributed by atoms with Gasteiger partial charge in [0.25, 0.3) is 0 Å². The lowest BCUT2D eigenvalue weighted by Gasteiger charge is -2.39. The van der Waals surface area contributed by atoms with Gasteiger partial charge in [0.05, 0.1) is 6.61 Å². The van der Waals surface area contributed by atoms with Crippen LogP contribution in [-0.2, 0) is 9.47 Å². The van der Waals surface area contributed by atoms with E-state index in [4.69, 9.17) is 14.6 Å². The van der Waals surface area contributed by atoms with Gasteiger partial charge in [-0.15, -0.1) is 0 Å². The summed E-state index contributed by atoms with van der Waals surface area (Å²) in [5.41, 5.74) is 0. The molecule has 0 bridgehead atoms. The molecule has 1 aliphatic rings. The van der Waals surface area contributed by atoms with Gasteiger partial charge >= 0.3 is 0 Å². The number of hydrogen-bond donors (Lipinski definition) is 4. The molecule has 0 aliphatic carbocycles. The van der Waals surface area contributed by atoms with Gasteiger partial charge in [0.2, 0.25) is 6.73 Å². The Bertz CT molecular complexity index is 271. The molecular formula is C8H16N2O7. The van der Waals surface area contributed by atoms with Crippen LogP contribution in [0.5, 0.6) is 0 Å². The summed E-state index contributed by atoms with van der Waals surface area (Å²) >= 11 is 0. The van der Waals surface area contributed by atoms with E-state index in [2.05, 4.69) is 5.11 Å². The maximum Gasteiger partial charge on any atom is 0.201 e. The summed E-state index contributed by atoms with van der Waals surface area (Å²) in [6.07, 6.45) is -6.67. The fraction of sp³-hybridized carbons (Fsp3) is 1.00. The van der Waals surface area contributed by atoms with Crippen LogP contribution in [0.4, 0.5) is 0 Å². The van der Waals surface area contributed by atoms with Crippen LogP contribution < -0.4 is 0 Å². The van der Waals surface area contributed by atoms with Crippen LogP contribution in [0.2, 0.25) is 0 Å². The molecule has 17 heavy (non-hydrogen) atoms. The second kappa shape index (κ2) is 6.19. The third kappa shape index (κ3) is 3.56. The molecule has 1 fully saturated rings. The summed E-state index contributed by atoms with van der Waals surface area (Å²) in [6, 6.07) is 0. The Balaban J connectivity index is 2.57. The van der Waals surface area contributed by atoms with Crippen molar-refractivity contribution in [3.8, 4) is 0 Å². The predicted molar refractivity (Wildman–Crippen MR) is 51.7 cm³/mol. The number of azo groups is 1. The molecule has 9 heteroatoms. The highest BCUT2D eigenvalue weighted by Crippen LogP contribution is 2.21. The fourth-order valence-electron chi connectivity index (χ4n) is 1.45. The molecule has 1 rings (SSSR count). The van der Waals surface area contributed by atoms with Gasteiger partial charge in [0.15, 0.2) is 13.3 Å². The van der Waals surface area contributed by atoms with Crippen molar-refractivity contribution in [1.82, 2.24) is 0 Å². The second-order valence-electron chi connectivity index (χ2n) is 3.59. The van der Waals surface area contributed by atoms with E-state index < -0.39 is 44.0 Å². The lowest BCUT2D eigenvalue weighted by molar-refractivity contribution is -0.504. The molecule has 0 spiro atoms. The van der Waals surface area contributed by atoms with Crippen LogP contribution in [0, 0.1) is 5.21 Å². The minimum atomic E-state index is -1.52. The zero-order chi connectivity index (χ0) is 13.0. The van der Waals surface area contributed by atoms with E-state index in [1.54, 1.807) is 0 Å². The molecule has 1 heterocycles. The van der Waals surface area contributed by atoms with Gasteiger partial charge in [-0.1, -0.05) is 4.86 Å². The van der Waals surface area contributed by atoms with E-state index >= 15 is 0 Å². The van der Waals surface area contributed by atoms with Crippen molar-refractivity contribution in [2.24, 2.45) is 5.11 Å². The molecule has 0 amide bonds. The summed E-state index contributed by atoms with van der Waals surface area (Å²) in [5.74, 6) is 0. The van der Waals surface area contributed by atoms with Crippen LogP contribution in [-0.4, -0.2) is 76.4 Å². The van der Waals surface area contributed by atoms with E-state index in [0.29, 0.717) is 0 Å². The molecule has 0 aromatic heterocycles. The summed E-state index contributed by atoms with van der Waals surface area (Å²) in [5, 5.41) is 51.1. The van der Waals surface area contributed by atoms with Gasteiger partial charge in [-0.05, 0) is 5.11 Å². The monoisotopic (exact) mass is 252 g/mol. The van der Waals surface area contributed by atoms with Crippen LogP contribution >= 0.6 is 0 Å². The predicted octanol–water partition coefficient (Wildman–Crippen LogP) is -2.65. The highest BCUT2D eigenvalue weighted by molar-refractivity contribution is 4.89. The number of ether oxygens (including phenoxy) is 2. The SMILES string of the molecule is C/[N+]([O-])=N/CO[C@@H]1[C@@H](O)[C@H](O)[C@@H](CO)O[C@H]1O. The molecular weight excluding hydrogens is 236 g/mol. The maximum absolute atomic E-state index is 10.4. The molecule has 5 atom stereocenters. The number of hydroxylamine groups is 1. The van der Waals surface area contributed by atoms with Crippen molar-refractivity contribution in [3.63, 3.8) is 0 Å². The van der Waals surface area contributed by atoms with Gasteiger partial charge in [-0.25, -0.2) is 0 Å². The number of aliphatic hydroxyl groups excluding tert-OH is 4. The first-order chi connectivity index (χ1) is 7.97. The molecule has 0 radical (unpaired) electrons. The first kappa shape index (κ1) is 14.2. The zero-order valence-electron chi connectivity index (χ0n) is 9.21. The topological polar surface area (TPSA) is 138 Å². The maximum atomic E-state index is 10.4. The first-order valence-corrected chi connectivity index (χ1v) is 4.97. The smallest absolute Gasteiger partial charge is 0.201 e. The van der Waals surface area contributed by atoms with Crippen LogP contribution in [0.25, 0.3) is 0 Å². The standard InChI is InChI=1S/C8H16N2O7/c1-10(15)9-3-16-7-6(13)5(12)4(2-11)17-8(7)14/h4-8,11-14H,2-3H2,1H3/b10-9-/t4-,5-,6+,7-,8-/m1/s1. The van der Waals surface area contributed by atoms with Gasteiger partial charge < -0.3 is 35.1 Å². The number of rotatable bonds is 4. The van der Waals surface area contributed by atoms with Gasteiger partial charge in [0, 0.05) is 0 Å². The Morgan fingerprint density at radius 1 is 1.35 bits per heavy atom. The van der Waals surface area contributed by atoms with E-state index in [-0.39, 0.29) is 4.86 Å². The summed E-state index contributed by atoms with van der Waals surface area (Å²) in [7, 11) is 1.14. The number of hydrogen-bond acceptors (Lipinski definition) is 8. The quantitative estimate of drug-likeness (QED) is 0.243. The van der Waals surface area contributed by atoms with Gasteiger partial charge in [-0.2, -0.15) is 0 Å². The lowest BCUT2D eigenvalue weighted by atomic mass is 9.99. The molecule has 9 nitrogen and oxygen atoms in total. The number of aliphatic hydroxyl groups is 4. The van der Waals surface area contributed by atoms with Crippen LogP contribution in [0.1, 0.15) is 0 Å². The minimum Gasteiger partial charge on any atom is -0.600 e. The Morgan fingerprint density at radius 2 is 2.00 bits per heavy atom. The highest BCUT2D eigenvalue weighted by Gasteiger charge is 2.44. The van der Waals surface area contributed by atoms with E-state index in [1.165, 1.54) is 0 Å². The second-order valence-corrected chi connectivity index (χ2v) is 3.59. The average molecular weight is 252 g/mol. The average Bonchev–Trinajstić information content (AvgIpc) is 2.27. The van der Waals surface area contributed by atoms with Crippen molar-refractivity contribution in [3.05, 3.63) is 5.21 Å². The Labute approximate surface area is 97.1 Å². The Hall–Kier alpha value is -0.840. The van der Waals surface area contributed by atoms with Gasteiger partial charge in [0.1, 0.15) is 24.4 Å². The largest absolute Gasteiger partial charge is 0.600 e. The van der Waals surface area contributed by atoms with E-state index in [1.807, 2.05) is 0 Å². The molecule has 0 aromatic carbocycles. The van der Waals surface area contributed by atoms with Crippen molar-refractivity contribution in [2.75, 3.05) is 20.4 Å². The third-order valence-electron chi connectivity index (χ3n) is 2.37. The number of nitrogens with zero attached hydrogens (tertiary/aromatic N) is 2. The lowest BCUT2D eigenvalue weighted by Crippen LogP contribution is -2.59. The molecule has 4 N–H and O–H groups in total. The first-order valence-electron chi connectivity index (χ1n) is 4.97. The molecule has 100 valence electrons. The van der Waals surface area contributed by atoms with E-state index in [0.717, 1.165) is 7.05 Å². The summed E-state index contributed by atoms with van der Waals surface area (Å²) < 4.78 is 9.73. The summed E-state index contributed by atoms with van der Waals surface area (Å²) in [4.78, 5) is 0.259. The molecule has 1 aliphatic heterocycles. The summed E-state index contributed by atoms with van der Waals surface area (Å²) in [6.45, 7) is -0.936. The zero-order valence-corrected chi connectivity index (χ0v) is 9.21. The minimum absolute atomic E-state index is 0.259. The molecule has 0 saturated carbocycles. The van der Waals surface area contributed by atoms with Crippen molar-refractivity contribution < 1.29 is 34.8 Å². The van der Waals surface area contributed by atoms with Gasteiger partial charge in [-0.3, -0.25) is 0 Å². The molecule has 1 saturated heterocycles. The normalized spacial score (nSPS) is 39.4. The van der Waals surface area contributed by atoms with Crippen molar-refractivity contribution in [1.29, 1.82) is 0 Å². The third-order valence-corrected chi connectivity index (χ3v) is 2.37.